The predicted molar refractivity (Wildman–Crippen MR) is 90.6 cm³/mol. The SMILES string of the molecule is CC1Oc2ccccc2OC1C(=O)OCc1coc(-c2cccs2)n1. The molecule has 0 N–H and O–H groups in total. The van der Waals surface area contributed by atoms with E-state index in [0.29, 0.717) is 23.1 Å². The first kappa shape index (κ1) is 15.7. The van der Waals surface area contributed by atoms with Crippen molar-refractivity contribution in [1.29, 1.82) is 0 Å². The van der Waals surface area contributed by atoms with Crippen molar-refractivity contribution in [3.63, 3.8) is 0 Å². The van der Waals surface area contributed by atoms with E-state index in [4.69, 9.17) is 18.6 Å². The van der Waals surface area contributed by atoms with Crippen molar-refractivity contribution < 1.29 is 23.4 Å². The van der Waals surface area contributed by atoms with Gasteiger partial charge >= 0.3 is 5.97 Å². The zero-order valence-electron chi connectivity index (χ0n) is 13.4. The van der Waals surface area contributed by atoms with Crippen molar-refractivity contribution in [1.82, 2.24) is 4.98 Å². The third-order valence-corrected chi connectivity index (χ3v) is 4.58. The third-order valence-electron chi connectivity index (χ3n) is 3.72. The number of hydrogen-bond acceptors (Lipinski definition) is 7. The fourth-order valence-electron chi connectivity index (χ4n) is 2.49. The van der Waals surface area contributed by atoms with Crippen LogP contribution in [-0.4, -0.2) is 23.2 Å². The van der Waals surface area contributed by atoms with Gasteiger partial charge < -0.3 is 18.6 Å². The topological polar surface area (TPSA) is 70.8 Å². The molecular weight excluding hydrogens is 342 g/mol. The van der Waals surface area contributed by atoms with Gasteiger partial charge in [-0.25, -0.2) is 9.78 Å². The molecule has 1 aliphatic heterocycles. The van der Waals surface area contributed by atoms with Gasteiger partial charge in [0.05, 0.1) is 4.88 Å². The smallest absolute Gasteiger partial charge is 0.351 e. The van der Waals surface area contributed by atoms with E-state index in [1.165, 1.54) is 17.6 Å². The van der Waals surface area contributed by atoms with Crippen molar-refractivity contribution in [2.75, 3.05) is 0 Å². The van der Waals surface area contributed by atoms with Gasteiger partial charge in [0.2, 0.25) is 12.0 Å². The Bertz CT molecular complexity index is 873. The van der Waals surface area contributed by atoms with E-state index >= 15 is 0 Å². The van der Waals surface area contributed by atoms with Crippen LogP contribution in [0, 0.1) is 0 Å². The van der Waals surface area contributed by atoms with Crippen LogP contribution < -0.4 is 9.47 Å². The summed E-state index contributed by atoms with van der Waals surface area (Å²) in [6.07, 6.45) is 0.221. The second kappa shape index (κ2) is 6.60. The average molecular weight is 357 g/mol. The Kier molecular flexibility index (Phi) is 4.15. The Morgan fingerprint density at radius 2 is 2.00 bits per heavy atom. The molecule has 2 unspecified atom stereocenters. The molecule has 0 radical (unpaired) electrons. The van der Waals surface area contributed by atoms with Crippen LogP contribution in [0.5, 0.6) is 11.5 Å². The molecule has 3 aromatic rings. The van der Waals surface area contributed by atoms with Crippen LogP contribution in [0.15, 0.2) is 52.5 Å². The van der Waals surface area contributed by atoms with Gasteiger partial charge in [-0.15, -0.1) is 11.3 Å². The highest BCUT2D eigenvalue weighted by molar-refractivity contribution is 7.13. The number of carbonyl (C=O) groups excluding carboxylic acids is 1. The quantitative estimate of drug-likeness (QED) is 0.664. The van der Waals surface area contributed by atoms with Crippen LogP contribution in [0.3, 0.4) is 0 Å². The maximum Gasteiger partial charge on any atom is 0.351 e. The highest BCUT2D eigenvalue weighted by Gasteiger charge is 2.35. The van der Waals surface area contributed by atoms with Gasteiger partial charge in [0, 0.05) is 0 Å². The van der Waals surface area contributed by atoms with Gasteiger partial charge in [-0.3, -0.25) is 0 Å². The van der Waals surface area contributed by atoms with Gasteiger partial charge in [0.15, 0.2) is 11.5 Å². The van der Waals surface area contributed by atoms with E-state index in [0.717, 1.165) is 4.88 Å². The maximum absolute atomic E-state index is 12.3. The first-order chi connectivity index (χ1) is 12.2. The molecule has 0 spiro atoms. The van der Waals surface area contributed by atoms with E-state index in [1.54, 1.807) is 19.1 Å². The Morgan fingerprint density at radius 3 is 2.76 bits per heavy atom. The molecule has 1 aliphatic rings. The van der Waals surface area contributed by atoms with E-state index in [9.17, 15) is 4.79 Å². The number of ether oxygens (including phenoxy) is 3. The molecule has 6 nitrogen and oxygen atoms in total. The lowest BCUT2D eigenvalue weighted by atomic mass is 10.2. The minimum absolute atomic E-state index is 0.0158. The molecule has 0 saturated heterocycles. The summed E-state index contributed by atoms with van der Waals surface area (Å²) in [6.45, 7) is 1.79. The minimum Gasteiger partial charge on any atom is -0.482 e. The largest absolute Gasteiger partial charge is 0.482 e. The lowest BCUT2D eigenvalue weighted by molar-refractivity contribution is -0.159. The first-order valence-electron chi connectivity index (χ1n) is 7.78. The van der Waals surface area contributed by atoms with E-state index in [2.05, 4.69) is 4.98 Å². The number of para-hydroxylation sites is 2. The Balaban J connectivity index is 1.39. The fourth-order valence-corrected chi connectivity index (χ4v) is 3.15. The zero-order chi connectivity index (χ0) is 17.2. The molecule has 0 bridgehead atoms. The summed E-state index contributed by atoms with van der Waals surface area (Å²) in [5.41, 5.74) is 0.543. The highest BCUT2D eigenvalue weighted by Crippen LogP contribution is 2.33. The number of carbonyl (C=O) groups is 1. The summed E-state index contributed by atoms with van der Waals surface area (Å²) in [6, 6.07) is 11.1. The van der Waals surface area contributed by atoms with E-state index in [1.807, 2.05) is 29.6 Å². The number of fused-ring (bicyclic) bond motifs is 1. The van der Waals surface area contributed by atoms with Crippen molar-refractivity contribution in [2.45, 2.75) is 25.7 Å². The molecule has 0 fully saturated rings. The van der Waals surface area contributed by atoms with Gasteiger partial charge in [0.25, 0.3) is 0 Å². The lowest BCUT2D eigenvalue weighted by Gasteiger charge is -2.30. The fraction of sp³-hybridized carbons (Fsp3) is 0.222. The highest BCUT2D eigenvalue weighted by atomic mass is 32.1. The third kappa shape index (κ3) is 3.23. The maximum atomic E-state index is 12.3. The molecule has 4 rings (SSSR count). The van der Waals surface area contributed by atoms with Gasteiger partial charge in [-0.05, 0) is 30.5 Å². The first-order valence-corrected chi connectivity index (χ1v) is 8.66. The van der Waals surface area contributed by atoms with Crippen LogP contribution in [0.2, 0.25) is 0 Å². The van der Waals surface area contributed by atoms with E-state index < -0.39 is 18.2 Å². The number of esters is 1. The number of rotatable bonds is 4. The summed E-state index contributed by atoms with van der Waals surface area (Å²) < 4.78 is 22.2. The monoisotopic (exact) mass is 357 g/mol. The van der Waals surface area contributed by atoms with Gasteiger partial charge in [0.1, 0.15) is 24.7 Å². The number of aromatic nitrogens is 1. The van der Waals surface area contributed by atoms with Crippen molar-refractivity contribution in [2.24, 2.45) is 0 Å². The van der Waals surface area contributed by atoms with Crippen molar-refractivity contribution in [3.8, 4) is 22.3 Å². The molecule has 1 aromatic carbocycles. The molecular formula is C18H15NO5S. The van der Waals surface area contributed by atoms with Gasteiger partial charge in [-0.1, -0.05) is 18.2 Å². The number of hydrogen-bond donors (Lipinski definition) is 0. The van der Waals surface area contributed by atoms with Crippen molar-refractivity contribution in [3.05, 3.63) is 53.7 Å². The molecule has 25 heavy (non-hydrogen) atoms. The molecule has 128 valence electrons. The molecule has 0 aliphatic carbocycles. The average Bonchev–Trinajstić information content (AvgIpc) is 3.30. The molecule has 2 aromatic heterocycles. The number of thiophene rings is 1. The Labute approximate surface area is 148 Å². The standard InChI is InChI=1S/C18H15NO5S/c1-11-16(24-14-6-3-2-5-13(14)23-11)18(20)22-10-12-9-21-17(19-12)15-7-4-8-25-15/h2-9,11,16H,10H2,1H3. The Hall–Kier alpha value is -2.80. The number of oxazole rings is 1. The summed E-state index contributed by atoms with van der Waals surface area (Å²) in [4.78, 5) is 17.6. The summed E-state index contributed by atoms with van der Waals surface area (Å²) in [5, 5.41) is 1.94. The summed E-state index contributed by atoms with van der Waals surface area (Å²) in [5.74, 6) is 1.17. The molecule has 7 heteroatoms. The summed E-state index contributed by atoms with van der Waals surface area (Å²) >= 11 is 1.53. The van der Waals surface area contributed by atoms with Crippen LogP contribution in [0.4, 0.5) is 0 Å². The second-order valence-electron chi connectivity index (χ2n) is 5.54. The van der Waals surface area contributed by atoms with E-state index in [-0.39, 0.29) is 6.61 Å². The number of nitrogens with zero attached hydrogens (tertiary/aromatic N) is 1. The lowest BCUT2D eigenvalue weighted by Crippen LogP contribution is -2.44. The molecule has 0 amide bonds. The molecule has 0 saturated carbocycles. The normalized spacial score (nSPS) is 18.8. The van der Waals surface area contributed by atoms with Gasteiger partial charge in [-0.2, -0.15) is 0 Å². The summed E-state index contributed by atoms with van der Waals surface area (Å²) in [7, 11) is 0. The van der Waals surface area contributed by atoms with Crippen LogP contribution in [0.25, 0.3) is 10.8 Å². The van der Waals surface area contributed by atoms with Crippen LogP contribution in [-0.2, 0) is 16.1 Å². The van der Waals surface area contributed by atoms with Crippen LogP contribution in [0.1, 0.15) is 12.6 Å². The second-order valence-corrected chi connectivity index (χ2v) is 6.48. The molecule has 2 atom stereocenters. The van der Waals surface area contributed by atoms with Crippen molar-refractivity contribution >= 4 is 17.3 Å². The van der Waals surface area contributed by atoms with Crippen LogP contribution >= 0.6 is 11.3 Å². The zero-order valence-corrected chi connectivity index (χ0v) is 14.2. The number of benzene rings is 1. The Morgan fingerprint density at radius 1 is 1.20 bits per heavy atom. The predicted octanol–water partition coefficient (Wildman–Crippen LogP) is 3.67. The molecule has 3 heterocycles. The minimum atomic E-state index is -0.821.